The standard InChI is InChI=1S/C29H42O2/c1-4-26-9-21-7-22(10-26)14-28(13-21,18-26)29-15-23-8-24(16-29)12-27(11-23,19-29)6-5-25(30)31-17-20(2)3/h4-6,20-24H,1,7-19H2,2-3H3. The zero-order valence-corrected chi connectivity index (χ0v) is 19.8. The fourth-order valence-electron chi connectivity index (χ4n) is 10.9. The van der Waals surface area contributed by atoms with Gasteiger partial charge >= 0.3 is 5.97 Å². The van der Waals surface area contributed by atoms with Gasteiger partial charge in [0, 0.05) is 6.08 Å². The molecule has 0 aliphatic heterocycles. The minimum absolute atomic E-state index is 0.126. The zero-order chi connectivity index (χ0) is 21.5. The van der Waals surface area contributed by atoms with E-state index in [9.17, 15) is 4.79 Å². The zero-order valence-electron chi connectivity index (χ0n) is 19.8. The highest BCUT2D eigenvalue weighted by Crippen LogP contribution is 2.78. The van der Waals surface area contributed by atoms with E-state index in [4.69, 9.17) is 4.74 Å². The summed E-state index contributed by atoms with van der Waals surface area (Å²) in [7, 11) is 0. The maximum atomic E-state index is 12.4. The first-order valence-electron chi connectivity index (χ1n) is 13.3. The molecule has 0 N–H and O–H groups in total. The summed E-state index contributed by atoms with van der Waals surface area (Å²) in [5, 5.41) is 0. The Morgan fingerprint density at radius 3 is 1.84 bits per heavy atom. The van der Waals surface area contributed by atoms with Gasteiger partial charge in [-0.25, -0.2) is 4.79 Å². The lowest BCUT2D eigenvalue weighted by Crippen LogP contribution is -2.64. The second-order valence-corrected chi connectivity index (χ2v) is 13.8. The van der Waals surface area contributed by atoms with Gasteiger partial charge in [-0.3, -0.25) is 0 Å². The first kappa shape index (κ1) is 20.5. The van der Waals surface area contributed by atoms with Crippen molar-refractivity contribution in [1.82, 2.24) is 0 Å². The van der Waals surface area contributed by atoms with Gasteiger partial charge in [0.05, 0.1) is 6.61 Å². The van der Waals surface area contributed by atoms with Gasteiger partial charge in [0.15, 0.2) is 0 Å². The second-order valence-electron chi connectivity index (χ2n) is 13.8. The summed E-state index contributed by atoms with van der Waals surface area (Å²) in [6.07, 6.45) is 23.7. The van der Waals surface area contributed by atoms with Gasteiger partial charge in [-0.15, -0.1) is 6.58 Å². The number of carbonyl (C=O) groups is 1. The number of carbonyl (C=O) groups excluding carboxylic acids is 1. The molecule has 8 saturated carbocycles. The van der Waals surface area contributed by atoms with Gasteiger partial charge in [-0.1, -0.05) is 26.0 Å². The number of rotatable bonds is 6. The molecule has 2 nitrogen and oxygen atoms in total. The third kappa shape index (κ3) is 3.13. The van der Waals surface area contributed by atoms with Crippen LogP contribution in [0.1, 0.15) is 90.9 Å². The summed E-state index contributed by atoms with van der Waals surface area (Å²) in [6.45, 7) is 9.08. The van der Waals surface area contributed by atoms with Crippen molar-refractivity contribution in [3.05, 3.63) is 24.8 Å². The predicted molar refractivity (Wildman–Crippen MR) is 124 cm³/mol. The normalized spacial score (nSPS) is 51.7. The Balaban J connectivity index is 1.30. The highest BCUT2D eigenvalue weighted by molar-refractivity contribution is 5.82. The smallest absolute Gasteiger partial charge is 0.330 e. The van der Waals surface area contributed by atoms with Crippen LogP contribution in [0.15, 0.2) is 24.8 Å². The lowest BCUT2D eigenvalue weighted by molar-refractivity contribution is -0.223. The van der Waals surface area contributed by atoms with Crippen LogP contribution in [0.3, 0.4) is 0 Å². The fraction of sp³-hybridized carbons (Fsp3) is 0.828. The molecule has 2 heteroatoms. The van der Waals surface area contributed by atoms with Gasteiger partial charge in [0.1, 0.15) is 0 Å². The molecular formula is C29H42O2. The summed E-state index contributed by atoms with van der Waals surface area (Å²) in [5.74, 6) is 3.93. The van der Waals surface area contributed by atoms with E-state index in [2.05, 4.69) is 32.6 Å². The van der Waals surface area contributed by atoms with Crippen LogP contribution >= 0.6 is 0 Å². The Bertz CT molecular complexity index is 776. The van der Waals surface area contributed by atoms with Crippen molar-refractivity contribution in [1.29, 1.82) is 0 Å². The molecule has 0 aromatic rings. The Kier molecular flexibility index (Phi) is 4.46. The maximum Gasteiger partial charge on any atom is 0.330 e. The van der Waals surface area contributed by atoms with Crippen LogP contribution in [0.2, 0.25) is 0 Å². The topological polar surface area (TPSA) is 26.3 Å². The minimum atomic E-state index is -0.126. The molecule has 8 bridgehead atoms. The van der Waals surface area contributed by atoms with Gasteiger partial charge in [0.25, 0.3) is 0 Å². The number of hydrogen-bond acceptors (Lipinski definition) is 2. The lowest BCUT2D eigenvalue weighted by atomic mass is 9.31. The van der Waals surface area contributed by atoms with Gasteiger partial charge < -0.3 is 4.74 Å². The molecule has 4 atom stereocenters. The fourth-order valence-corrected chi connectivity index (χ4v) is 10.9. The Labute approximate surface area is 189 Å². The third-order valence-corrected chi connectivity index (χ3v) is 10.9. The van der Waals surface area contributed by atoms with E-state index < -0.39 is 0 Å². The molecule has 170 valence electrons. The van der Waals surface area contributed by atoms with Crippen molar-refractivity contribution >= 4 is 5.97 Å². The lowest BCUT2D eigenvalue weighted by Gasteiger charge is -2.73. The first-order chi connectivity index (χ1) is 14.8. The van der Waals surface area contributed by atoms with Crippen LogP contribution in [0, 0.1) is 51.2 Å². The van der Waals surface area contributed by atoms with E-state index in [0.717, 1.165) is 23.7 Å². The van der Waals surface area contributed by atoms with Crippen LogP contribution in [0.5, 0.6) is 0 Å². The summed E-state index contributed by atoms with van der Waals surface area (Å²) in [5.41, 5.74) is 1.78. The van der Waals surface area contributed by atoms with E-state index in [-0.39, 0.29) is 11.4 Å². The monoisotopic (exact) mass is 422 g/mol. The van der Waals surface area contributed by atoms with Crippen molar-refractivity contribution in [3.63, 3.8) is 0 Å². The molecule has 31 heavy (non-hydrogen) atoms. The average molecular weight is 423 g/mol. The first-order valence-corrected chi connectivity index (χ1v) is 13.3. The summed E-state index contributed by atoms with van der Waals surface area (Å²) < 4.78 is 5.48. The minimum Gasteiger partial charge on any atom is -0.462 e. The van der Waals surface area contributed by atoms with Crippen LogP contribution < -0.4 is 0 Å². The van der Waals surface area contributed by atoms with Crippen LogP contribution in [0.4, 0.5) is 0 Å². The summed E-state index contributed by atoms with van der Waals surface area (Å²) in [6, 6.07) is 0. The van der Waals surface area contributed by atoms with Crippen molar-refractivity contribution in [2.75, 3.05) is 6.61 Å². The van der Waals surface area contributed by atoms with Crippen molar-refractivity contribution in [3.8, 4) is 0 Å². The highest BCUT2D eigenvalue weighted by atomic mass is 16.5. The number of esters is 1. The maximum absolute atomic E-state index is 12.4. The molecule has 8 aliphatic rings. The van der Waals surface area contributed by atoms with Crippen LogP contribution in [-0.4, -0.2) is 12.6 Å². The number of hydrogen-bond donors (Lipinski definition) is 0. The molecule has 8 aliphatic carbocycles. The molecule has 0 aromatic heterocycles. The Morgan fingerprint density at radius 2 is 1.35 bits per heavy atom. The van der Waals surface area contributed by atoms with E-state index in [1.54, 1.807) is 0 Å². The van der Waals surface area contributed by atoms with Gasteiger partial charge in [-0.2, -0.15) is 0 Å². The summed E-state index contributed by atoms with van der Waals surface area (Å²) in [4.78, 5) is 12.4. The van der Waals surface area contributed by atoms with Crippen molar-refractivity contribution in [2.45, 2.75) is 90.9 Å². The molecule has 8 fully saturated rings. The quantitative estimate of drug-likeness (QED) is 0.259. The number of ether oxygens (including phenoxy) is 1. The molecule has 0 saturated heterocycles. The molecular weight excluding hydrogens is 380 g/mol. The van der Waals surface area contributed by atoms with E-state index in [1.165, 1.54) is 77.0 Å². The summed E-state index contributed by atoms with van der Waals surface area (Å²) >= 11 is 0. The van der Waals surface area contributed by atoms with Crippen molar-refractivity contribution in [2.24, 2.45) is 51.2 Å². The molecule has 8 rings (SSSR count). The molecule has 4 unspecified atom stereocenters. The van der Waals surface area contributed by atoms with Gasteiger partial charge in [-0.05, 0) is 128 Å². The Hall–Kier alpha value is -1.05. The second kappa shape index (κ2) is 6.73. The van der Waals surface area contributed by atoms with Gasteiger partial charge in [0.2, 0.25) is 0 Å². The van der Waals surface area contributed by atoms with Crippen LogP contribution in [-0.2, 0) is 9.53 Å². The van der Waals surface area contributed by atoms with E-state index >= 15 is 0 Å². The molecule has 0 heterocycles. The van der Waals surface area contributed by atoms with E-state index in [0.29, 0.717) is 28.8 Å². The third-order valence-electron chi connectivity index (χ3n) is 10.9. The average Bonchev–Trinajstić information content (AvgIpc) is 2.69. The Morgan fingerprint density at radius 1 is 0.871 bits per heavy atom. The van der Waals surface area contributed by atoms with E-state index in [1.807, 2.05) is 6.08 Å². The largest absolute Gasteiger partial charge is 0.462 e. The molecule has 0 aromatic carbocycles. The predicted octanol–water partition coefficient (Wildman–Crippen LogP) is 7.10. The molecule has 0 amide bonds. The number of allylic oxidation sites excluding steroid dienone is 2. The molecule has 0 spiro atoms. The van der Waals surface area contributed by atoms with Crippen molar-refractivity contribution < 1.29 is 9.53 Å². The molecule has 0 radical (unpaired) electrons. The van der Waals surface area contributed by atoms with Crippen LogP contribution in [0.25, 0.3) is 0 Å². The SMILES string of the molecule is C=CC12CC3CC(C1)CC(C14CC5CC(CC(C=CC(=O)OCC(C)C)(C5)C1)C4)(C3)C2. The highest BCUT2D eigenvalue weighted by Gasteiger charge is 2.69.